The van der Waals surface area contributed by atoms with Crippen LogP contribution in [0.25, 0.3) is 11.1 Å². The first kappa shape index (κ1) is 18.1. The van der Waals surface area contributed by atoms with Gasteiger partial charge in [-0.1, -0.05) is 30.3 Å². The molecule has 3 rings (SSSR count). The molecule has 5 heteroatoms. The van der Waals surface area contributed by atoms with E-state index in [0.29, 0.717) is 18.7 Å². The standard InChI is InChI=1S/C21H22N2O3/c22-12-15-6-8-23(9-7-15)21(26)18-3-1-2-17(11-18)20-5-4-16(13-24)10-19(20)14-25/h1-5,10-11,15,24-25H,6-9,13-14H2. The predicted octanol–water partition coefficient (Wildman–Crippen LogP) is 2.71. The maximum absolute atomic E-state index is 12.8. The molecule has 1 aliphatic heterocycles. The van der Waals surface area contributed by atoms with E-state index in [1.165, 1.54) is 0 Å². The minimum absolute atomic E-state index is 0.0271. The summed E-state index contributed by atoms with van der Waals surface area (Å²) in [6.45, 7) is 0.996. The third-order valence-corrected chi connectivity index (χ3v) is 4.91. The summed E-state index contributed by atoms with van der Waals surface area (Å²) in [6, 6.07) is 15.1. The smallest absolute Gasteiger partial charge is 0.253 e. The zero-order valence-electron chi connectivity index (χ0n) is 14.6. The lowest BCUT2D eigenvalue weighted by atomic mass is 9.95. The Kier molecular flexibility index (Phi) is 5.67. The van der Waals surface area contributed by atoms with Crippen molar-refractivity contribution in [2.24, 2.45) is 5.92 Å². The minimum atomic E-state index is -0.136. The average Bonchev–Trinajstić information content (AvgIpc) is 2.72. The lowest BCUT2D eigenvalue weighted by molar-refractivity contribution is 0.0707. The normalized spacial score (nSPS) is 14.9. The molecule has 2 N–H and O–H groups in total. The molecule has 1 fully saturated rings. The van der Waals surface area contributed by atoms with Crippen LogP contribution in [0.2, 0.25) is 0 Å². The summed E-state index contributed by atoms with van der Waals surface area (Å²) in [6.07, 6.45) is 1.44. The summed E-state index contributed by atoms with van der Waals surface area (Å²) in [4.78, 5) is 14.6. The zero-order valence-corrected chi connectivity index (χ0v) is 14.6. The van der Waals surface area contributed by atoms with E-state index in [4.69, 9.17) is 5.26 Å². The Morgan fingerprint density at radius 3 is 2.54 bits per heavy atom. The number of amides is 1. The number of hydrogen-bond acceptors (Lipinski definition) is 4. The molecule has 26 heavy (non-hydrogen) atoms. The number of aliphatic hydroxyl groups excluding tert-OH is 2. The van der Waals surface area contributed by atoms with Crippen molar-refractivity contribution in [3.63, 3.8) is 0 Å². The van der Waals surface area contributed by atoms with E-state index >= 15 is 0 Å². The largest absolute Gasteiger partial charge is 0.392 e. The number of nitrogens with zero attached hydrogens (tertiary/aromatic N) is 2. The molecular weight excluding hydrogens is 328 g/mol. The lowest BCUT2D eigenvalue weighted by Gasteiger charge is -2.29. The van der Waals surface area contributed by atoms with E-state index in [0.717, 1.165) is 35.1 Å². The van der Waals surface area contributed by atoms with Gasteiger partial charge in [0, 0.05) is 24.6 Å². The highest BCUT2D eigenvalue weighted by Crippen LogP contribution is 2.27. The molecule has 0 unspecified atom stereocenters. The van der Waals surface area contributed by atoms with Crippen LogP contribution in [0, 0.1) is 17.2 Å². The van der Waals surface area contributed by atoms with Crippen LogP contribution in [0.1, 0.15) is 34.3 Å². The summed E-state index contributed by atoms with van der Waals surface area (Å²) < 4.78 is 0. The van der Waals surface area contributed by atoms with Gasteiger partial charge < -0.3 is 15.1 Å². The van der Waals surface area contributed by atoms with Crippen molar-refractivity contribution in [2.75, 3.05) is 13.1 Å². The first-order chi connectivity index (χ1) is 12.7. The highest BCUT2D eigenvalue weighted by molar-refractivity contribution is 5.95. The fourth-order valence-electron chi connectivity index (χ4n) is 3.37. The summed E-state index contributed by atoms with van der Waals surface area (Å²) in [5, 5.41) is 27.9. The molecule has 1 heterocycles. The molecule has 5 nitrogen and oxygen atoms in total. The summed E-state index contributed by atoms with van der Waals surface area (Å²) >= 11 is 0. The third-order valence-electron chi connectivity index (χ3n) is 4.91. The molecule has 2 aromatic rings. The maximum Gasteiger partial charge on any atom is 0.253 e. The van der Waals surface area contributed by atoms with Gasteiger partial charge in [0.15, 0.2) is 0 Å². The van der Waals surface area contributed by atoms with E-state index in [1.807, 2.05) is 30.3 Å². The first-order valence-corrected chi connectivity index (χ1v) is 8.79. The average molecular weight is 350 g/mol. The fraction of sp³-hybridized carbons (Fsp3) is 0.333. The SMILES string of the molecule is N#CC1CCN(C(=O)c2cccc(-c3ccc(CO)cc3CO)c2)CC1. The number of carbonyl (C=O) groups is 1. The van der Waals surface area contributed by atoms with Gasteiger partial charge in [-0.15, -0.1) is 0 Å². The van der Waals surface area contributed by atoms with Crippen molar-refractivity contribution in [1.82, 2.24) is 4.90 Å². The molecule has 0 aliphatic carbocycles. The maximum atomic E-state index is 12.8. The minimum Gasteiger partial charge on any atom is -0.392 e. The van der Waals surface area contributed by atoms with Gasteiger partial charge in [0.1, 0.15) is 0 Å². The van der Waals surface area contributed by atoms with Crippen LogP contribution in [0.15, 0.2) is 42.5 Å². The Bertz CT molecular complexity index is 833. The van der Waals surface area contributed by atoms with Crippen LogP contribution in [0.4, 0.5) is 0 Å². The van der Waals surface area contributed by atoms with Crippen molar-refractivity contribution in [3.05, 3.63) is 59.2 Å². The summed E-state index contributed by atoms with van der Waals surface area (Å²) in [5.41, 5.74) is 3.77. The van der Waals surface area contributed by atoms with Crippen molar-refractivity contribution >= 4 is 5.91 Å². The van der Waals surface area contributed by atoms with E-state index < -0.39 is 0 Å². The summed E-state index contributed by atoms with van der Waals surface area (Å²) in [5.74, 6) is 0.0169. The van der Waals surface area contributed by atoms with Crippen LogP contribution in [-0.2, 0) is 13.2 Å². The van der Waals surface area contributed by atoms with Crippen LogP contribution in [-0.4, -0.2) is 34.1 Å². The van der Waals surface area contributed by atoms with Crippen LogP contribution < -0.4 is 0 Å². The lowest BCUT2D eigenvalue weighted by Crippen LogP contribution is -2.38. The van der Waals surface area contributed by atoms with E-state index in [-0.39, 0.29) is 25.0 Å². The number of nitriles is 1. The second kappa shape index (κ2) is 8.13. The molecule has 0 saturated carbocycles. The topological polar surface area (TPSA) is 84.6 Å². The second-order valence-electron chi connectivity index (χ2n) is 6.58. The second-order valence-corrected chi connectivity index (χ2v) is 6.58. The Balaban J connectivity index is 1.85. The molecule has 0 bridgehead atoms. The molecule has 1 saturated heterocycles. The Hall–Kier alpha value is -2.68. The molecule has 1 amide bonds. The Morgan fingerprint density at radius 1 is 1.12 bits per heavy atom. The highest BCUT2D eigenvalue weighted by atomic mass is 16.3. The van der Waals surface area contributed by atoms with E-state index in [9.17, 15) is 15.0 Å². The van der Waals surface area contributed by atoms with Crippen LogP contribution >= 0.6 is 0 Å². The number of aliphatic hydroxyl groups is 2. The van der Waals surface area contributed by atoms with Gasteiger partial charge in [-0.2, -0.15) is 5.26 Å². The number of hydrogen-bond donors (Lipinski definition) is 2. The van der Waals surface area contributed by atoms with Crippen molar-refractivity contribution in [3.8, 4) is 17.2 Å². The first-order valence-electron chi connectivity index (χ1n) is 8.79. The van der Waals surface area contributed by atoms with Crippen molar-refractivity contribution in [2.45, 2.75) is 26.1 Å². The van der Waals surface area contributed by atoms with Gasteiger partial charge in [0.25, 0.3) is 5.91 Å². The summed E-state index contributed by atoms with van der Waals surface area (Å²) in [7, 11) is 0. The molecule has 0 atom stereocenters. The molecule has 134 valence electrons. The number of carbonyl (C=O) groups excluding carboxylic acids is 1. The third kappa shape index (κ3) is 3.77. The van der Waals surface area contributed by atoms with Gasteiger partial charge in [0.05, 0.1) is 19.3 Å². The quantitative estimate of drug-likeness (QED) is 0.888. The van der Waals surface area contributed by atoms with Crippen molar-refractivity contribution in [1.29, 1.82) is 5.26 Å². The Labute approximate surface area is 153 Å². The number of rotatable bonds is 4. The monoisotopic (exact) mass is 350 g/mol. The molecule has 0 spiro atoms. The molecular formula is C21H22N2O3. The molecule has 0 aromatic heterocycles. The molecule has 0 radical (unpaired) electrons. The van der Waals surface area contributed by atoms with E-state index in [2.05, 4.69) is 6.07 Å². The Morgan fingerprint density at radius 2 is 1.88 bits per heavy atom. The van der Waals surface area contributed by atoms with Gasteiger partial charge in [-0.3, -0.25) is 4.79 Å². The molecule has 2 aromatic carbocycles. The van der Waals surface area contributed by atoms with Gasteiger partial charge in [0.2, 0.25) is 0 Å². The predicted molar refractivity (Wildman–Crippen MR) is 98.0 cm³/mol. The highest BCUT2D eigenvalue weighted by Gasteiger charge is 2.23. The fourth-order valence-corrected chi connectivity index (χ4v) is 3.37. The van der Waals surface area contributed by atoms with Crippen LogP contribution in [0.5, 0.6) is 0 Å². The zero-order chi connectivity index (χ0) is 18.5. The van der Waals surface area contributed by atoms with Crippen molar-refractivity contribution < 1.29 is 15.0 Å². The van der Waals surface area contributed by atoms with Crippen LogP contribution in [0.3, 0.4) is 0 Å². The van der Waals surface area contributed by atoms with Gasteiger partial charge in [-0.25, -0.2) is 0 Å². The molecule has 1 aliphatic rings. The number of piperidine rings is 1. The van der Waals surface area contributed by atoms with Gasteiger partial charge >= 0.3 is 0 Å². The number of benzene rings is 2. The number of likely N-dealkylation sites (tertiary alicyclic amines) is 1. The van der Waals surface area contributed by atoms with E-state index in [1.54, 1.807) is 17.0 Å². The van der Waals surface area contributed by atoms with Gasteiger partial charge in [-0.05, 0) is 47.2 Å².